The molecular formula is C23H17F4NS. The van der Waals surface area contributed by atoms with E-state index in [2.05, 4.69) is 4.99 Å². The van der Waals surface area contributed by atoms with Crippen LogP contribution in [-0.2, 0) is 6.18 Å². The third kappa shape index (κ3) is 5.81. The number of para-hydroxylation sites is 1. The van der Waals surface area contributed by atoms with E-state index < -0.39 is 11.7 Å². The van der Waals surface area contributed by atoms with E-state index in [9.17, 15) is 17.6 Å². The maximum Gasteiger partial charge on any atom is 0.416 e. The van der Waals surface area contributed by atoms with Crippen molar-refractivity contribution in [2.45, 2.75) is 18.0 Å². The third-order valence-electron chi connectivity index (χ3n) is 4.09. The second kappa shape index (κ2) is 9.09. The highest BCUT2D eigenvalue weighted by molar-refractivity contribution is 8.08. The van der Waals surface area contributed by atoms with Gasteiger partial charge in [-0.15, -0.1) is 0 Å². The summed E-state index contributed by atoms with van der Waals surface area (Å²) in [7, 11) is 0. The van der Waals surface area contributed by atoms with Crippen molar-refractivity contribution in [3.05, 3.63) is 101 Å². The molecule has 3 aromatic rings. The van der Waals surface area contributed by atoms with Crippen molar-refractivity contribution in [2.24, 2.45) is 4.99 Å². The lowest BCUT2D eigenvalue weighted by atomic mass is 10.1. The highest BCUT2D eigenvalue weighted by Crippen LogP contribution is 2.36. The first kappa shape index (κ1) is 20.9. The highest BCUT2D eigenvalue weighted by Gasteiger charge is 2.30. The lowest BCUT2D eigenvalue weighted by Crippen LogP contribution is -2.04. The van der Waals surface area contributed by atoms with Crippen LogP contribution in [0.25, 0.3) is 4.91 Å². The van der Waals surface area contributed by atoms with Crippen molar-refractivity contribution in [3.63, 3.8) is 0 Å². The Balaban J connectivity index is 1.92. The summed E-state index contributed by atoms with van der Waals surface area (Å²) in [6, 6.07) is 18.5. The minimum absolute atomic E-state index is 0.351. The fourth-order valence-corrected chi connectivity index (χ4v) is 3.44. The van der Waals surface area contributed by atoms with Crippen LogP contribution in [0.3, 0.4) is 0 Å². The first-order valence-corrected chi connectivity index (χ1v) is 9.55. The van der Waals surface area contributed by atoms with Crippen LogP contribution in [0.1, 0.15) is 16.7 Å². The van der Waals surface area contributed by atoms with Gasteiger partial charge < -0.3 is 0 Å². The van der Waals surface area contributed by atoms with Crippen molar-refractivity contribution in [2.75, 3.05) is 0 Å². The zero-order valence-corrected chi connectivity index (χ0v) is 16.3. The standard InChI is InChI=1S/C23H17F4NS/c1-16-4-2-3-5-21(16)28-15-14-22(29-20-12-10-19(24)11-13-20)17-6-8-18(9-7-17)23(25,26)27/h2-15H,1H3. The molecule has 0 saturated heterocycles. The number of thioether (sulfide) groups is 1. The molecule has 0 radical (unpaired) electrons. The van der Waals surface area contributed by atoms with E-state index >= 15 is 0 Å². The van der Waals surface area contributed by atoms with E-state index in [0.717, 1.165) is 28.3 Å². The topological polar surface area (TPSA) is 12.4 Å². The van der Waals surface area contributed by atoms with Gasteiger partial charge in [0.15, 0.2) is 0 Å². The maximum absolute atomic E-state index is 13.2. The number of benzene rings is 3. The molecule has 0 aliphatic carbocycles. The molecule has 0 saturated carbocycles. The molecule has 29 heavy (non-hydrogen) atoms. The van der Waals surface area contributed by atoms with Crippen molar-refractivity contribution in [1.82, 2.24) is 0 Å². The van der Waals surface area contributed by atoms with Gasteiger partial charge in [0.2, 0.25) is 0 Å². The van der Waals surface area contributed by atoms with Crippen molar-refractivity contribution < 1.29 is 17.6 Å². The molecule has 0 fully saturated rings. The Morgan fingerprint density at radius 1 is 0.897 bits per heavy atom. The molecular weight excluding hydrogens is 398 g/mol. The predicted octanol–water partition coefficient (Wildman–Crippen LogP) is 7.69. The first-order valence-electron chi connectivity index (χ1n) is 8.74. The maximum atomic E-state index is 13.2. The molecule has 0 aromatic heterocycles. The molecule has 6 heteroatoms. The average molecular weight is 415 g/mol. The van der Waals surface area contributed by atoms with Gasteiger partial charge in [0.05, 0.1) is 11.3 Å². The van der Waals surface area contributed by atoms with Crippen molar-refractivity contribution in [1.29, 1.82) is 0 Å². The SMILES string of the molecule is Cc1ccccc1N=CC=C(Sc1ccc(F)cc1)c1ccc(C(F)(F)F)cc1. The summed E-state index contributed by atoms with van der Waals surface area (Å²) in [6.45, 7) is 1.94. The van der Waals surface area contributed by atoms with Gasteiger partial charge in [0.25, 0.3) is 0 Å². The van der Waals surface area contributed by atoms with E-state index in [-0.39, 0.29) is 5.82 Å². The number of nitrogens with zero attached hydrogens (tertiary/aromatic N) is 1. The largest absolute Gasteiger partial charge is 0.416 e. The van der Waals surface area contributed by atoms with E-state index in [0.29, 0.717) is 10.5 Å². The summed E-state index contributed by atoms with van der Waals surface area (Å²) in [6.07, 6.45) is -1.03. The Morgan fingerprint density at radius 3 is 2.17 bits per heavy atom. The molecule has 0 unspecified atom stereocenters. The smallest absolute Gasteiger partial charge is 0.257 e. The Morgan fingerprint density at radius 2 is 1.55 bits per heavy atom. The fraction of sp³-hybridized carbons (Fsp3) is 0.0870. The van der Waals surface area contributed by atoms with Gasteiger partial charge in [-0.2, -0.15) is 13.2 Å². The third-order valence-corrected chi connectivity index (χ3v) is 5.19. The van der Waals surface area contributed by atoms with Crippen molar-refractivity contribution in [3.8, 4) is 0 Å². The van der Waals surface area contributed by atoms with Crippen LogP contribution in [0.4, 0.5) is 23.2 Å². The molecule has 0 atom stereocenters. The Kier molecular flexibility index (Phi) is 6.54. The van der Waals surface area contributed by atoms with Crippen LogP contribution in [0.5, 0.6) is 0 Å². The Labute approximate surface area is 170 Å². The van der Waals surface area contributed by atoms with Crippen molar-refractivity contribution >= 4 is 28.6 Å². The zero-order valence-electron chi connectivity index (χ0n) is 15.5. The molecule has 0 bridgehead atoms. The molecule has 0 aliphatic rings. The molecule has 0 amide bonds. The van der Waals surface area contributed by atoms with E-state index in [1.54, 1.807) is 24.4 Å². The van der Waals surface area contributed by atoms with Crippen LogP contribution in [0.2, 0.25) is 0 Å². The number of allylic oxidation sites excluding steroid dienone is 1. The van der Waals surface area contributed by atoms with Crippen LogP contribution in [0.15, 0.2) is 88.8 Å². The number of aryl methyl sites for hydroxylation is 1. The summed E-state index contributed by atoms with van der Waals surface area (Å²) >= 11 is 1.33. The lowest BCUT2D eigenvalue weighted by molar-refractivity contribution is -0.137. The number of halogens is 4. The van der Waals surface area contributed by atoms with E-state index in [1.165, 1.54) is 36.0 Å². The summed E-state index contributed by atoms with van der Waals surface area (Å²) < 4.78 is 51.8. The van der Waals surface area contributed by atoms with Crippen LogP contribution < -0.4 is 0 Å². The number of rotatable bonds is 5. The molecule has 0 spiro atoms. The number of hydrogen-bond acceptors (Lipinski definition) is 2. The van der Waals surface area contributed by atoms with E-state index in [4.69, 9.17) is 0 Å². The summed E-state index contributed by atoms with van der Waals surface area (Å²) in [5.41, 5.74) is 1.73. The van der Waals surface area contributed by atoms with E-state index in [1.807, 2.05) is 31.2 Å². The summed E-state index contributed by atoms with van der Waals surface area (Å²) in [4.78, 5) is 5.89. The minimum Gasteiger partial charge on any atom is -0.257 e. The van der Waals surface area contributed by atoms with Gasteiger partial charge in [0.1, 0.15) is 5.82 Å². The second-order valence-corrected chi connectivity index (χ2v) is 7.34. The van der Waals surface area contributed by atoms with Gasteiger partial charge >= 0.3 is 6.18 Å². The number of alkyl halides is 3. The summed E-state index contributed by atoms with van der Waals surface area (Å²) in [5, 5.41) is 0. The second-order valence-electron chi connectivity index (χ2n) is 6.23. The normalized spacial score (nSPS) is 12.5. The van der Waals surface area contributed by atoms with Crippen LogP contribution in [-0.4, -0.2) is 6.21 Å². The molecule has 3 rings (SSSR count). The monoisotopic (exact) mass is 415 g/mol. The number of aliphatic imine (C=N–C) groups is 1. The Bertz CT molecular complexity index is 1020. The van der Waals surface area contributed by atoms with Gasteiger partial charge in [0, 0.05) is 16.0 Å². The predicted molar refractivity (Wildman–Crippen MR) is 111 cm³/mol. The molecule has 3 aromatic carbocycles. The van der Waals surface area contributed by atoms with Crippen LogP contribution >= 0.6 is 11.8 Å². The molecule has 0 N–H and O–H groups in total. The zero-order chi connectivity index (χ0) is 20.9. The average Bonchev–Trinajstić information content (AvgIpc) is 2.70. The molecule has 0 heterocycles. The highest BCUT2D eigenvalue weighted by atomic mass is 32.2. The van der Waals surface area contributed by atoms with Gasteiger partial charge in [-0.1, -0.05) is 42.1 Å². The fourth-order valence-electron chi connectivity index (χ4n) is 2.54. The molecule has 148 valence electrons. The van der Waals surface area contributed by atoms with Gasteiger partial charge in [-0.25, -0.2) is 4.39 Å². The van der Waals surface area contributed by atoms with Gasteiger partial charge in [-0.3, -0.25) is 4.99 Å². The quantitative estimate of drug-likeness (QED) is 0.236. The van der Waals surface area contributed by atoms with Gasteiger partial charge in [-0.05, 0) is 66.6 Å². The van der Waals surface area contributed by atoms with Crippen LogP contribution in [0, 0.1) is 12.7 Å². The Hall–Kier alpha value is -2.86. The minimum atomic E-state index is -4.39. The molecule has 0 aliphatic heterocycles. The lowest BCUT2D eigenvalue weighted by Gasteiger charge is -2.10. The molecule has 1 nitrogen and oxygen atoms in total. The first-order chi connectivity index (χ1) is 13.8. The number of hydrogen-bond donors (Lipinski definition) is 0. The summed E-state index contributed by atoms with van der Waals surface area (Å²) in [5.74, 6) is -0.351.